The molecule has 1 atom stereocenters. The maximum Gasteiger partial charge on any atom is 0.227 e. The first-order chi connectivity index (χ1) is 10.5. The van der Waals surface area contributed by atoms with Gasteiger partial charge < -0.3 is 25.5 Å². The van der Waals surface area contributed by atoms with E-state index < -0.39 is 0 Å². The fourth-order valence-corrected chi connectivity index (χ4v) is 2.28. The summed E-state index contributed by atoms with van der Waals surface area (Å²) < 4.78 is 0. The maximum atomic E-state index is 12.4. The molecule has 120 valence electrons. The van der Waals surface area contributed by atoms with Crippen LogP contribution >= 0.6 is 0 Å². The van der Waals surface area contributed by atoms with Crippen LogP contribution in [-0.4, -0.2) is 83.3 Å². The van der Waals surface area contributed by atoms with E-state index in [4.69, 9.17) is 10.8 Å². The molecule has 0 aromatic carbocycles. The number of Topliss-reactive ketones (excluding diaryl/α,β-unsaturated/α-hetero) is 1. The highest BCUT2D eigenvalue weighted by Crippen LogP contribution is 2.33. The number of aliphatic hydroxyl groups is 1. The summed E-state index contributed by atoms with van der Waals surface area (Å²) in [6.45, 7) is 7.42. The molecule has 0 saturated carbocycles. The summed E-state index contributed by atoms with van der Waals surface area (Å²) in [4.78, 5) is 30.5. The summed E-state index contributed by atoms with van der Waals surface area (Å²) in [5.41, 5.74) is 6.81. The number of carbonyl (C=O) groups is 2. The fraction of sp³-hybridized carbons (Fsp3) is 0.600. The van der Waals surface area contributed by atoms with Gasteiger partial charge in [-0.05, 0) is 6.92 Å². The normalized spacial score (nSPS) is 24.0. The van der Waals surface area contributed by atoms with Gasteiger partial charge in [-0.3, -0.25) is 9.59 Å². The Hall–Kier alpha value is -1.86. The van der Waals surface area contributed by atoms with Crippen molar-refractivity contribution < 1.29 is 14.7 Å². The molecule has 0 aromatic rings. The molecule has 0 aromatic heterocycles. The van der Waals surface area contributed by atoms with E-state index in [1.807, 2.05) is 14.7 Å². The van der Waals surface area contributed by atoms with Gasteiger partial charge in [0.25, 0.3) is 0 Å². The Morgan fingerprint density at radius 3 is 1.91 bits per heavy atom. The van der Waals surface area contributed by atoms with E-state index in [9.17, 15) is 9.59 Å². The van der Waals surface area contributed by atoms with Crippen molar-refractivity contribution in [3.8, 4) is 0 Å². The Kier molecular flexibility index (Phi) is 3.92. The molecule has 3 heterocycles. The lowest BCUT2D eigenvalue weighted by Gasteiger charge is -2.21. The summed E-state index contributed by atoms with van der Waals surface area (Å²) in [5.74, 6) is 0.0485. The van der Waals surface area contributed by atoms with Crippen molar-refractivity contribution in [3.63, 3.8) is 0 Å². The van der Waals surface area contributed by atoms with Gasteiger partial charge in [0.15, 0.2) is 0 Å². The van der Waals surface area contributed by atoms with Crippen molar-refractivity contribution in [1.82, 2.24) is 14.7 Å². The van der Waals surface area contributed by atoms with Crippen molar-refractivity contribution in [3.05, 3.63) is 23.2 Å². The minimum absolute atomic E-state index is 0.00546. The lowest BCUT2D eigenvalue weighted by molar-refractivity contribution is -0.117. The van der Waals surface area contributed by atoms with Crippen LogP contribution in [0.4, 0.5) is 0 Å². The van der Waals surface area contributed by atoms with Crippen LogP contribution in [0.15, 0.2) is 23.2 Å². The molecule has 1 unspecified atom stereocenters. The van der Waals surface area contributed by atoms with E-state index in [1.165, 1.54) is 6.08 Å². The number of hydrogen-bond acceptors (Lipinski definition) is 7. The Morgan fingerprint density at radius 2 is 1.50 bits per heavy atom. The monoisotopic (exact) mass is 306 g/mol. The van der Waals surface area contributed by atoms with Gasteiger partial charge in [-0.1, -0.05) is 0 Å². The molecule has 0 bridgehead atoms. The molecule has 7 nitrogen and oxygen atoms in total. The number of allylic oxidation sites excluding steroid dienone is 1. The predicted octanol–water partition coefficient (Wildman–Crippen LogP) is -1.49. The maximum absolute atomic E-state index is 12.4. The Labute approximate surface area is 129 Å². The van der Waals surface area contributed by atoms with Crippen molar-refractivity contribution >= 4 is 11.6 Å². The molecule has 1 aliphatic carbocycles. The van der Waals surface area contributed by atoms with Crippen molar-refractivity contribution in [2.24, 2.45) is 5.73 Å². The summed E-state index contributed by atoms with van der Waals surface area (Å²) >= 11 is 0. The van der Waals surface area contributed by atoms with E-state index in [0.29, 0.717) is 23.6 Å². The quantitative estimate of drug-likeness (QED) is 0.483. The topological polar surface area (TPSA) is 89.4 Å². The second kappa shape index (κ2) is 5.73. The van der Waals surface area contributed by atoms with Crippen LogP contribution in [0.3, 0.4) is 0 Å². The van der Waals surface area contributed by atoms with Gasteiger partial charge in [-0.25, -0.2) is 0 Å². The van der Waals surface area contributed by atoms with Crippen LogP contribution in [0.5, 0.6) is 0 Å². The number of hydrogen-bond donors (Lipinski definition) is 2. The van der Waals surface area contributed by atoms with Crippen LogP contribution in [-0.2, 0) is 9.59 Å². The van der Waals surface area contributed by atoms with Crippen LogP contribution in [0.1, 0.15) is 6.92 Å². The highest BCUT2D eigenvalue weighted by Gasteiger charge is 2.43. The third-order valence-corrected chi connectivity index (χ3v) is 3.83. The number of aliphatic hydroxyl groups excluding tert-OH is 1. The van der Waals surface area contributed by atoms with E-state index in [0.717, 1.165) is 39.3 Å². The average molecular weight is 306 g/mol. The number of carbonyl (C=O) groups excluding carboxylic acids is 2. The van der Waals surface area contributed by atoms with Gasteiger partial charge in [-0.2, -0.15) is 0 Å². The largest absolute Gasteiger partial charge is 0.392 e. The molecule has 3 fully saturated rings. The van der Waals surface area contributed by atoms with Crippen molar-refractivity contribution in [2.45, 2.75) is 13.0 Å². The highest BCUT2D eigenvalue weighted by molar-refractivity contribution is 6.22. The zero-order valence-corrected chi connectivity index (χ0v) is 12.8. The number of rotatable bonds is 4. The van der Waals surface area contributed by atoms with E-state index in [-0.39, 0.29) is 17.7 Å². The van der Waals surface area contributed by atoms with Crippen LogP contribution in [0.2, 0.25) is 0 Å². The lowest BCUT2D eigenvalue weighted by atomic mass is 10.0. The van der Waals surface area contributed by atoms with Gasteiger partial charge in [0.1, 0.15) is 11.4 Å². The standard InChI is InChI=1S/C12H13N3O2.C3H9NO/c16-9-7-8(13-1-2-13)12(17)11(15-5-6-15)10(9)14-3-4-14;1-3(5)2-4/h7H,1-6H2;3,5H,2,4H2,1H3. The molecule has 3 saturated heterocycles. The first kappa shape index (κ1) is 15.1. The highest BCUT2D eigenvalue weighted by atomic mass is 16.3. The molecule has 0 spiro atoms. The SMILES string of the molecule is CC(O)CN.O=C1C=C(N2CC2)C(=O)C(N2CC2)=C1N1CC1. The summed E-state index contributed by atoms with van der Waals surface area (Å²) in [6.07, 6.45) is 1.19. The van der Waals surface area contributed by atoms with Gasteiger partial charge in [0.2, 0.25) is 11.6 Å². The summed E-state index contributed by atoms with van der Waals surface area (Å²) in [6, 6.07) is 0. The molecule has 4 rings (SSSR count). The molecule has 3 N–H and O–H groups in total. The molecule has 3 aliphatic heterocycles. The molecule has 4 aliphatic rings. The number of nitrogens with zero attached hydrogens (tertiary/aromatic N) is 3. The second-order valence-electron chi connectivity index (χ2n) is 5.97. The second-order valence-corrected chi connectivity index (χ2v) is 5.97. The van der Waals surface area contributed by atoms with Gasteiger partial charge in [0.05, 0.1) is 11.8 Å². The molecule has 0 amide bonds. The first-order valence-electron chi connectivity index (χ1n) is 7.71. The van der Waals surface area contributed by atoms with Gasteiger partial charge >= 0.3 is 0 Å². The minimum Gasteiger partial charge on any atom is -0.392 e. The Balaban J connectivity index is 0.000000254. The van der Waals surface area contributed by atoms with Crippen LogP contribution in [0, 0.1) is 0 Å². The molecule has 22 heavy (non-hydrogen) atoms. The molecule has 0 radical (unpaired) electrons. The van der Waals surface area contributed by atoms with Crippen molar-refractivity contribution in [2.75, 3.05) is 45.8 Å². The molecular weight excluding hydrogens is 284 g/mol. The average Bonchev–Trinajstić information content (AvgIpc) is 3.34. The summed E-state index contributed by atoms with van der Waals surface area (Å²) in [7, 11) is 0. The molecule has 7 heteroatoms. The number of ketones is 2. The van der Waals surface area contributed by atoms with Crippen LogP contribution in [0.25, 0.3) is 0 Å². The fourth-order valence-electron chi connectivity index (χ4n) is 2.28. The van der Waals surface area contributed by atoms with E-state index >= 15 is 0 Å². The smallest absolute Gasteiger partial charge is 0.227 e. The van der Waals surface area contributed by atoms with E-state index in [2.05, 4.69) is 0 Å². The lowest BCUT2D eigenvalue weighted by Crippen LogP contribution is -2.29. The zero-order valence-electron chi connectivity index (χ0n) is 12.8. The third kappa shape index (κ3) is 3.15. The van der Waals surface area contributed by atoms with Crippen molar-refractivity contribution in [1.29, 1.82) is 0 Å². The minimum atomic E-state index is -0.338. The van der Waals surface area contributed by atoms with Gasteiger partial charge in [0, 0.05) is 51.9 Å². The zero-order chi connectivity index (χ0) is 15.9. The molecular formula is C15H22N4O3. The Morgan fingerprint density at radius 1 is 1.05 bits per heavy atom. The van der Waals surface area contributed by atoms with Crippen LogP contribution < -0.4 is 5.73 Å². The van der Waals surface area contributed by atoms with E-state index in [1.54, 1.807) is 6.92 Å². The van der Waals surface area contributed by atoms with Gasteiger partial charge in [-0.15, -0.1) is 0 Å². The first-order valence-corrected chi connectivity index (χ1v) is 7.71. The Bertz CT molecular complexity index is 555. The predicted molar refractivity (Wildman–Crippen MR) is 80.6 cm³/mol. The third-order valence-electron chi connectivity index (χ3n) is 3.83. The summed E-state index contributed by atoms with van der Waals surface area (Å²) in [5, 5.41) is 8.24. The number of nitrogens with two attached hydrogens (primary N) is 1.